The molecule has 2 rings (SSSR count). The first kappa shape index (κ1) is 17.0. The quantitative estimate of drug-likeness (QED) is 0.417. The predicted octanol–water partition coefficient (Wildman–Crippen LogP) is 3.56. The smallest absolute Gasteiger partial charge is 0.259 e. The molecule has 0 aliphatic carbocycles. The number of nitrogens with one attached hydrogen (secondary N) is 2. The van der Waals surface area contributed by atoms with Crippen LogP contribution in [0.15, 0.2) is 41.8 Å². The number of carbonyl (C=O) groups excluding carboxylic acids is 1. The van der Waals surface area contributed by atoms with Gasteiger partial charge in [0.2, 0.25) is 0 Å². The van der Waals surface area contributed by atoms with Gasteiger partial charge >= 0.3 is 0 Å². The van der Waals surface area contributed by atoms with Crippen molar-refractivity contribution in [2.45, 2.75) is 0 Å². The third-order valence-corrected chi connectivity index (χ3v) is 3.82. The number of nitrogens with zero attached hydrogens (tertiary/aromatic N) is 2. The van der Waals surface area contributed by atoms with Crippen LogP contribution in [-0.4, -0.2) is 23.7 Å². The number of rotatable bonds is 5. The van der Waals surface area contributed by atoms with Crippen LogP contribution in [-0.2, 0) is 4.79 Å². The lowest BCUT2D eigenvalue weighted by Gasteiger charge is -2.05. The van der Waals surface area contributed by atoms with Crippen LogP contribution in [0.3, 0.4) is 0 Å². The second-order valence-electron chi connectivity index (χ2n) is 4.17. The highest BCUT2D eigenvalue weighted by Gasteiger charge is 2.04. The van der Waals surface area contributed by atoms with Crippen LogP contribution in [0, 0.1) is 3.57 Å². The Morgan fingerprint density at radius 1 is 1.32 bits per heavy atom. The summed E-state index contributed by atoms with van der Waals surface area (Å²) >= 11 is 14.1. The number of aromatic nitrogens is 1. The fourth-order valence-electron chi connectivity index (χ4n) is 1.53. The molecule has 0 spiro atoms. The molecule has 0 aliphatic rings. The molecule has 1 aromatic carbocycles. The molecular weight excluding hydrogens is 438 g/mol. The topological polar surface area (TPSA) is 66.4 Å². The van der Waals surface area contributed by atoms with E-state index in [9.17, 15) is 4.79 Å². The first-order valence-corrected chi connectivity index (χ1v) is 8.00. The highest BCUT2D eigenvalue weighted by atomic mass is 127. The van der Waals surface area contributed by atoms with Crippen molar-refractivity contribution in [2.75, 3.05) is 11.9 Å². The zero-order valence-electron chi connectivity index (χ0n) is 11.2. The summed E-state index contributed by atoms with van der Waals surface area (Å²) in [5, 5.41) is 7.56. The van der Waals surface area contributed by atoms with E-state index in [2.05, 4.69) is 43.4 Å². The standard InChI is InChI=1S/C14H11Cl2IN4O/c15-12-6-18-7-13(16)11(12)5-20-21-14(22)8-19-10-3-1-2-9(17)4-10/h1-7,19H,8H2,(H,21,22). The molecule has 114 valence electrons. The van der Waals surface area contributed by atoms with Gasteiger partial charge < -0.3 is 5.32 Å². The van der Waals surface area contributed by atoms with Crippen LogP contribution in [0.2, 0.25) is 10.0 Å². The van der Waals surface area contributed by atoms with Gasteiger partial charge in [-0.25, -0.2) is 5.43 Å². The van der Waals surface area contributed by atoms with Crippen LogP contribution in [0.5, 0.6) is 0 Å². The van der Waals surface area contributed by atoms with E-state index in [-0.39, 0.29) is 12.5 Å². The first-order valence-electron chi connectivity index (χ1n) is 6.16. The van der Waals surface area contributed by atoms with E-state index in [1.807, 2.05) is 24.3 Å². The number of hydrazone groups is 1. The van der Waals surface area contributed by atoms with Gasteiger partial charge in [-0.3, -0.25) is 9.78 Å². The SMILES string of the molecule is O=C(CNc1cccc(I)c1)NN=Cc1c(Cl)cncc1Cl. The monoisotopic (exact) mass is 448 g/mol. The normalized spacial score (nSPS) is 10.7. The molecule has 0 radical (unpaired) electrons. The Morgan fingerprint density at radius 2 is 2.05 bits per heavy atom. The number of anilines is 1. The predicted molar refractivity (Wildman–Crippen MR) is 97.6 cm³/mol. The molecule has 0 fully saturated rings. The summed E-state index contributed by atoms with van der Waals surface area (Å²) in [6, 6.07) is 7.70. The second-order valence-corrected chi connectivity index (χ2v) is 6.23. The summed E-state index contributed by atoms with van der Waals surface area (Å²) < 4.78 is 1.09. The molecule has 0 saturated carbocycles. The minimum absolute atomic E-state index is 0.106. The molecule has 2 N–H and O–H groups in total. The van der Waals surface area contributed by atoms with Crippen molar-refractivity contribution < 1.29 is 4.79 Å². The maximum atomic E-state index is 11.7. The zero-order valence-corrected chi connectivity index (χ0v) is 14.9. The van der Waals surface area contributed by atoms with Gasteiger partial charge in [-0.1, -0.05) is 29.3 Å². The number of carbonyl (C=O) groups is 1. The average molecular weight is 449 g/mol. The van der Waals surface area contributed by atoms with E-state index in [4.69, 9.17) is 23.2 Å². The van der Waals surface area contributed by atoms with Crippen molar-refractivity contribution in [2.24, 2.45) is 5.10 Å². The van der Waals surface area contributed by atoms with Crippen LogP contribution >= 0.6 is 45.8 Å². The number of benzene rings is 1. The first-order chi connectivity index (χ1) is 10.6. The zero-order chi connectivity index (χ0) is 15.9. The van der Waals surface area contributed by atoms with Crippen molar-refractivity contribution >= 4 is 63.6 Å². The van der Waals surface area contributed by atoms with E-state index in [1.165, 1.54) is 18.6 Å². The Kier molecular flexibility index (Phi) is 6.41. The summed E-state index contributed by atoms with van der Waals surface area (Å²) in [5.41, 5.74) is 3.77. The van der Waals surface area contributed by atoms with Gasteiger partial charge in [-0.15, -0.1) is 0 Å². The maximum absolute atomic E-state index is 11.7. The summed E-state index contributed by atoms with van der Waals surface area (Å²) in [4.78, 5) is 15.5. The molecule has 1 aromatic heterocycles. The number of pyridine rings is 1. The van der Waals surface area contributed by atoms with Crippen molar-refractivity contribution in [3.8, 4) is 0 Å². The van der Waals surface area contributed by atoms with Gasteiger partial charge in [0.15, 0.2) is 0 Å². The molecule has 0 unspecified atom stereocenters. The molecule has 8 heteroatoms. The molecule has 1 heterocycles. The molecular formula is C14H11Cl2IN4O. The van der Waals surface area contributed by atoms with Crippen molar-refractivity contribution in [1.29, 1.82) is 0 Å². The van der Waals surface area contributed by atoms with Gasteiger partial charge in [0, 0.05) is 27.2 Å². The molecule has 2 aromatic rings. The minimum Gasteiger partial charge on any atom is -0.376 e. The molecule has 0 saturated heterocycles. The highest BCUT2D eigenvalue weighted by molar-refractivity contribution is 14.1. The molecule has 0 bridgehead atoms. The van der Waals surface area contributed by atoms with Gasteiger partial charge in [-0.05, 0) is 40.8 Å². The lowest BCUT2D eigenvalue weighted by molar-refractivity contribution is -0.119. The third kappa shape index (κ3) is 5.11. The number of hydrogen-bond acceptors (Lipinski definition) is 4. The second kappa shape index (κ2) is 8.30. The van der Waals surface area contributed by atoms with Crippen molar-refractivity contribution in [1.82, 2.24) is 10.4 Å². The van der Waals surface area contributed by atoms with E-state index >= 15 is 0 Å². The summed E-state index contributed by atoms with van der Waals surface area (Å²) in [7, 11) is 0. The van der Waals surface area contributed by atoms with Crippen LogP contribution < -0.4 is 10.7 Å². The van der Waals surface area contributed by atoms with Crippen molar-refractivity contribution in [3.05, 3.63) is 55.8 Å². The fraction of sp³-hybridized carbons (Fsp3) is 0.0714. The Hall–Kier alpha value is -1.38. The lowest BCUT2D eigenvalue weighted by Crippen LogP contribution is -2.25. The minimum atomic E-state index is -0.281. The van der Waals surface area contributed by atoms with Gasteiger partial charge in [-0.2, -0.15) is 5.10 Å². The highest BCUT2D eigenvalue weighted by Crippen LogP contribution is 2.20. The molecule has 22 heavy (non-hydrogen) atoms. The largest absolute Gasteiger partial charge is 0.376 e. The Labute approximate surface area is 151 Å². The molecule has 1 amide bonds. The Morgan fingerprint density at radius 3 is 2.73 bits per heavy atom. The summed E-state index contributed by atoms with van der Waals surface area (Å²) in [6.07, 6.45) is 4.29. The van der Waals surface area contributed by atoms with Crippen LogP contribution in [0.4, 0.5) is 5.69 Å². The molecule has 5 nitrogen and oxygen atoms in total. The van der Waals surface area contributed by atoms with Gasteiger partial charge in [0.05, 0.1) is 22.8 Å². The average Bonchev–Trinajstić information content (AvgIpc) is 2.48. The van der Waals surface area contributed by atoms with Crippen LogP contribution in [0.1, 0.15) is 5.56 Å². The molecule has 0 atom stereocenters. The van der Waals surface area contributed by atoms with E-state index in [0.717, 1.165) is 9.26 Å². The third-order valence-electron chi connectivity index (χ3n) is 2.55. The fourth-order valence-corrected chi connectivity index (χ4v) is 2.54. The summed E-state index contributed by atoms with van der Waals surface area (Å²) in [6.45, 7) is 0.106. The van der Waals surface area contributed by atoms with Gasteiger partial charge in [0.25, 0.3) is 5.91 Å². The van der Waals surface area contributed by atoms with Crippen molar-refractivity contribution in [3.63, 3.8) is 0 Å². The van der Waals surface area contributed by atoms with Gasteiger partial charge in [0.1, 0.15) is 0 Å². The number of amides is 1. The van der Waals surface area contributed by atoms with E-state index in [0.29, 0.717) is 15.6 Å². The summed E-state index contributed by atoms with van der Waals surface area (Å²) in [5.74, 6) is -0.281. The van der Waals surface area contributed by atoms with E-state index in [1.54, 1.807) is 0 Å². The lowest BCUT2D eigenvalue weighted by atomic mass is 10.3. The Bertz CT molecular complexity index is 689. The Balaban J connectivity index is 1.86. The maximum Gasteiger partial charge on any atom is 0.259 e. The van der Waals surface area contributed by atoms with E-state index < -0.39 is 0 Å². The number of hydrogen-bond donors (Lipinski definition) is 2. The number of halogens is 3. The molecule has 0 aliphatic heterocycles. The van der Waals surface area contributed by atoms with Crippen LogP contribution in [0.25, 0.3) is 0 Å².